The molecule has 1 unspecified atom stereocenters. The average Bonchev–Trinajstić information content (AvgIpc) is 2.96. The van der Waals surface area contributed by atoms with Crippen LogP contribution in [0.4, 0.5) is 0 Å². The Balaban J connectivity index is 0.00000144. The summed E-state index contributed by atoms with van der Waals surface area (Å²) in [4.78, 5) is 14.8. The second-order valence-electron chi connectivity index (χ2n) is 8.26. The molecule has 5 aliphatic rings. The van der Waals surface area contributed by atoms with Crippen molar-refractivity contribution in [3.63, 3.8) is 0 Å². The van der Waals surface area contributed by atoms with Crippen molar-refractivity contribution in [2.45, 2.75) is 69.9 Å². The Morgan fingerprint density at radius 1 is 1.09 bits per heavy atom. The second kappa shape index (κ2) is 6.68. The summed E-state index contributed by atoms with van der Waals surface area (Å²) in [6.07, 6.45) is 11.4. The van der Waals surface area contributed by atoms with Gasteiger partial charge < -0.3 is 10.2 Å². The van der Waals surface area contributed by atoms with E-state index < -0.39 is 0 Å². The van der Waals surface area contributed by atoms with E-state index in [1.807, 2.05) is 0 Å². The van der Waals surface area contributed by atoms with Crippen molar-refractivity contribution in [2.24, 2.45) is 23.7 Å². The van der Waals surface area contributed by atoms with Crippen molar-refractivity contribution in [3.05, 3.63) is 0 Å². The molecule has 1 aliphatic heterocycles. The quantitative estimate of drug-likeness (QED) is 0.860. The number of hydrogen-bond donors (Lipinski definition) is 1. The lowest BCUT2D eigenvalue weighted by Gasteiger charge is -2.56. The van der Waals surface area contributed by atoms with E-state index in [2.05, 4.69) is 17.3 Å². The van der Waals surface area contributed by atoms with Crippen molar-refractivity contribution in [1.29, 1.82) is 0 Å². The Bertz CT molecular complexity index is 380. The molecule has 5 rings (SSSR count). The summed E-state index contributed by atoms with van der Waals surface area (Å²) in [6.45, 7) is 1.14. The molecule has 1 saturated heterocycles. The largest absolute Gasteiger partial charge is 0.342 e. The molecule has 4 saturated carbocycles. The third kappa shape index (κ3) is 3.03. The van der Waals surface area contributed by atoms with E-state index >= 15 is 0 Å². The van der Waals surface area contributed by atoms with Gasteiger partial charge >= 0.3 is 0 Å². The Hall–Kier alpha value is -0.280. The molecule has 5 fully saturated rings. The fourth-order valence-corrected chi connectivity index (χ4v) is 6.17. The zero-order chi connectivity index (χ0) is 14.4. The third-order valence-electron chi connectivity index (χ3n) is 6.89. The molecule has 0 aromatic heterocycles. The summed E-state index contributed by atoms with van der Waals surface area (Å²) in [6, 6.07) is 1.17. The number of nitrogens with zero attached hydrogens (tertiary/aromatic N) is 1. The zero-order valence-corrected chi connectivity index (χ0v) is 14.6. The standard InChI is InChI=1S/C18H30N2O.ClH/c1-20(17(21)5-4-16-3-2-6-19-16)18-14-8-12-7-13(10-14)11-15(18)9-12;/h12-16,18-19H,2-11H2,1H3;1H. The normalized spacial score (nSPS) is 42.2. The minimum atomic E-state index is 0. The summed E-state index contributed by atoms with van der Waals surface area (Å²) in [5, 5.41) is 3.51. The predicted molar refractivity (Wildman–Crippen MR) is 91.1 cm³/mol. The third-order valence-corrected chi connectivity index (χ3v) is 6.89. The lowest BCUT2D eigenvalue weighted by atomic mass is 9.54. The summed E-state index contributed by atoms with van der Waals surface area (Å²) < 4.78 is 0. The summed E-state index contributed by atoms with van der Waals surface area (Å²) in [7, 11) is 2.09. The number of amides is 1. The smallest absolute Gasteiger partial charge is 0.222 e. The molecular weight excluding hydrogens is 296 g/mol. The molecule has 1 atom stereocenters. The van der Waals surface area contributed by atoms with E-state index in [-0.39, 0.29) is 12.4 Å². The van der Waals surface area contributed by atoms with Crippen LogP contribution in [0.25, 0.3) is 0 Å². The molecule has 4 bridgehead atoms. The highest BCUT2D eigenvalue weighted by Gasteiger charge is 2.50. The molecule has 0 radical (unpaired) electrons. The maximum atomic E-state index is 12.6. The number of nitrogens with one attached hydrogen (secondary N) is 1. The fraction of sp³-hybridized carbons (Fsp3) is 0.944. The molecule has 22 heavy (non-hydrogen) atoms. The number of carbonyl (C=O) groups is 1. The molecule has 1 N–H and O–H groups in total. The maximum Gasteiger partial charge on any atom is 0.222 e. The highest BCUT2D eigenvalue weighted by atomic mass is 35.5. The highest BCUT2D eigenvalue weighted by Crippen LogP contribution is 2.55. The zero-order valence-electron chi connectivity index (χ0n) is 13.8. The van der Waals surface area contributed by atoms with Crippen molar-refractivity contribution in [1.82, 2.24) is 10.2 Å². The molecular formula is C18H31ClN2O. The Kier molecular flexibility index (Phi) is 5.04. The first kappa shape index (κ1) is 16.6. The van der Waals surface area contributed by atoms with E-state index in [0.717, 1.165) is 43.1 Å². The van der Waals surface area contributed by atoms with Crippen LogP contribution in [0, 0.1) is 23.7 Å². The lowest BCUT2D eigenvalue weighted by Crippen LogP contribution is -2.56. The van der Waals surface area contributed by atoms with Gasteiger partial charge in [0.25, 0.3) is 0 Å². The predicted octanol–water partition coefficient (Wildman–Crippen LogP) is 3.22. The van der Waals surface area contributed by atoms with Gasteiger partial charge in [0, 0.05) is 25.6 Å². The number of halogens is 1. The Morgan fingerprint density at radius 3 is 2.27 bits per heavy atom. The topological polar surface area (TPSA) is 32.3 Å². The highest BCUT2D eigenvalue weighted by molar-refractivity contribution is 5.85. The van der Waals surface area contributed by atoms with Gasteiger partial charge in [-0.1, -0.05) is 0 Å². The molecule has 4 aliphatic carbocycles. The van der Waals surface area contributed by atoms with Gasteiger partial charge in [-0.2, -0.15) is 0 Å². The number of rotatable bonds is 4. The van der Waals surface area contributed by atoms with Crippen LogP contribution in [-0.2, 0) is 4.79 Å². The van der Waals surface area contributed by atoms with Crippen LogP contribution in [0.15, 0.2) is 0 Å². The number of carbonyl (C=O) groups excluding carboxylic acids is 1. The van der Waals surface area contributed by atoms with Crippen LogP contribution in [0.3, 0.4) is 0 Å². The Labute approximate surface area is 141 Å². The Morgan fingerprint density at radius 2 is 1.73 bits per heavy atom. The second-order valence-corrected chi connectivity index (χ2v) is 8.26. The molecule has 126 valence electrons. The lowest BCUT2D eigenvalue weighted by molar-refractivity contribution is -0.141. The van der Waals surface area contributed by atoms with Gasteiger partial charge in [-0.05, 0) is 81.6 Å². The van der Waals surface area contributed by atoms with Crippen molar-refractivity contribution >= 4 is 18.3 Å². The van der Waals surface area contributed by atoms with Gasteiger partial charge in [0.1, 0.15) is 0 Å². The first-order chi connectivity index (χ1) is 10.2. The minimum Gasteiger partial charge on any atom is -0.342 e. The van der Waals surface area contributed by atoms with Crippen LogP contribution in [-0.4, -0.2) is 36.5 Å². The fourth-order valence-electron chi connectivity index (χ4n) is 6.17. The van der Waals surface area contributed by atoms with Gasteiger partial charge in [0.05, 0.1) is 0 Å². The van der Waals surface area contributed by atoms with Crippen LogP contribution < -0.4 is 5.32 Å². The molecule has 1 heterocycles. The first-order valence-corrected chi connectivity index (χ1v) is 9.19. The van der Waals surface area contributed by atoms with E-state index in [9.17, 15) is 4.79 Å². The van der Waals surface area contributed by atoms with Crippen molar-refractivity contribution in [3.8, 4) is 0 Å². The van der Waals surface area contributed by atoms with Crippen molar-refractivity contribution in [2.75, 3.05) is 13.6 Å². The molecule has 0 aromatic rings. The van der Waals surface area contributed by atoms with Gasteiger partial charge in [0.15, 0.2) is 0 Å². The first-order valence-electron chi connectivity index (χ1n) is 9.19. The van der Waals surface area contributed by atoms with E-state index in [4.69, 9.17) is 0 Å². The van der Waals surface area contributed by atoms with E-state index in [1.165, 1.54) is 44.9 Å². The monoisotopic (exact) mass is 326 g/mol. The molecule has 3 nitrogen and oxygen atoms in total. The van der Waals surface area contributed by atoms with E-state index in [0.29, 0.717) is 18.0 Å². The molecule has 1 amide bonds. The average molecular weight is 327 g/mol. The molecule has 0 spiro atoms. The SMILES string of the molecule is CN(C(=O)CCC1CCCN1)C1C2CC3CC(C2)CC1C3.Cl. The van der Waals surface area contributed by atoms with Crippen LogP contribution in [0.1, 0.15) is 57.8 Å². The van der Waals surface area contributed by atoms with Gasteiger partial charge in [-0.3, -0.25) is 4.79 Å². The van der Waals surface area contributed by atoms with Gasteiger partial charge in [0.2, 0.25) is 5.91 Å². The minimum absolute atomic E-state index is 0. The van der Waals surface area contributed by atoms with Gasteiger partial charge in [-0.15, -0.1) is 12.4 Å². The maximum absolute atomic E-state index is 12.6. The number of hydrogen-bond acceptors (Lipinski definition) is 2. The van der Waals surface area contributed by atoms with Crippen LogP contribution >= 0.6 is 12.4 Å². The summed E-state index contributed by atoms with van der Waals surface area (Å²) >= 11 is 0. The molecule has 4 heteroatoms. The van der Waals surface area contributed by atoms with Gasteiger partial charge in [-0.25, -0.2) is 0 Å². The summed E-state index contributed by atoms with van der Waals surface area (Å²) in [5.74, 6) is 4.03. The van der Waals surface area contributed by atoms with Crippen molar-refractivity contribution < 1.29 is 4.79 Å². The van der Waals surface area contributed by atoms with E-state index in [1.54, 1.807) is 0 Å². The van der Waals surface area contributed by atoms with Crippen LogP contribution in [0.5, 0.6) is 0 Å². The summed E-state index contributed by atoms with van der Waals surface area (Å²) in [5.41, 5.74) is 0. The molecule has 0 aromatic carbocycles. The van der Waals surface area contributed by atoms with Crippen LogP contribution in [0.2, 0.25) is 0 Å².